The van der Waals surface area contributed by atoms with Crippen molar-refractivity contribution < 1.29 is 9.50 Å². The fourth-order valence-corrected chi connectivity index (χ4v) is 2.27. The molecule has 0 amide bonds. The summed E-state index contributed by atoms with van der Waals surface area (Å²) >= 11 is 0. The van der Waals surface area contributed by atoms with E-state index in [1.54, 1.807) is 16.8 Å². The lowest BCUT2D eigenvalue weighted by molar-refractivity contribution is 0.276. The van der Waals surface area contributed by atoms with Crippen LogP contribution in [0.3, 0.4) is 0 Å². The highest BCUT2D eigenvalue weighted by atomic mass is 19.1. The van der Waals surface area contributed by atoms with E-state index in [1.807, 2.05) is 42.5 Å². The summed E-state index contributed by atoms with van der Waals surface area (Å²) in [4.78, 5) is 0. The first kappa shape index (κ1) is 15.1. The Bertz CT molecular complexity index is 795. The smallest absolute Gasteiger partial charge is 0.123 e. The predicted octanol–water partition coefficient (Wildman–Crippen LogP) is 3.13. The number of halogens is 1. The number of hydrogen-bond acceptors (Lipinski definition) is 3. The molecule has 116 valence electrons. The van der Waals surface area contributed by atoms with Crippen LogP contribution in [0.5, 0.6) is 0 Å². The molecule has 0 radical (unpaired) electrons. The van der Waals surface area contributed by atoms with Crippen LogP contribution in [0.4, 0.5) is 4.39 Å². The van der Waals surface area contributed by atoms with Crippen molar-refractivity contribution in [2.45, 2.75) is 13.2 Å². The third kappa shape index (κ3) is 3.70. The normalized spacial score (nSPS) is 11.2. The maximum Gasteiger partial charge on any atom is 0.123 e. The van der Waals surface area contributed by atoms with Gasteiger partial charge in [-0.25, -0.2) is 9.07 Å². The highest BCUT2D eigenvalue weighted by molar-refractivity contribution is 5.68. The molecule has 4 nitrogen and oxygen atoms in total. The van der Waals surface area contributed by atoms with Crippen LogP contribution < -0.4 is 0 Å². The number of benzene rings is 2. The van der Waals surface area contributed by atoms with Gasteiger partial charge in [-0.2, -0.15) is 0 Å². The number of aliphatic hydroxyl groups excluding tert-OH is 1. The van der Waals surface area contributed by atoms with Crippen LogP contribution in [0.15, 0.2) is 54.6 Å². The van der Waals surface area contributed by atoms with Gasteiger partial charge in [-0.1, -0.05) is 53.8 Å². The minimum Gasteiger partial charge on any atom is -0.390 e. The van der Waals surface area contributed by atoms with Crippen molar-refractivity contribution in [1.29, 1.82) is 0 Å². The molecule has 0 aliphatic heterocycles. The molecule has 0 fully saturated rings. The standard InChI is InChI=1S/C18H16FN3O/c19-16-9-6-14(7-10-16)8-11-18-17(13-23)20-21-22(18)12-15-4-2-1-3-5-15/h1-11,23H,12-13H2/b11-8+. The lowest BCUT2D eigenvalue weighted by atomic mass is 10.2. The summed E-state index contributed by atoms with van der Waals surface area (Å²) in [5.74, 6) is -0.269. The van der Waals surface area contributed by atoms with Crippen LogP contribution in [0.1, 0.15) is 22.5 Å². The summed E-state index contributed by atoms with van der Waals surface area (Å²) < 4.78 is 14.7. The van der Waals surface area contributed by atoms with Gasteiger partial charge in [0.2, 0.25) is 0 Å². The largest absolute Gasteiger partial charge is 0.390 e. The van der Waals surface area contributed by atoms with Crippen LogP contribution in [-0.2, 0) is 13.2 Å². The van der Waals surface area contributed by atoms with Gasteiger partial charge in [-0.3, -0.25) is 0 Å². The second-order valence-corrected chi connectivity index (χ2v) is 5.11. The zero-order valence-electron chi connectivity index (χ0n) is 12.4. The monoisotopic (exact) mass is 309 g/mol. The molecular formula is C18H16FN3O. The molecule has 1 N–H and O–H groups in total. The Morgan fingerprint density at radius 1 is 1.00 bits per heavy atom. The Hall–Kier alpha value is -2.79. The van der Waals surface area contributed by atoms with Gasteiger partial charge in [0, 0.05) is 0 Å². The first-order chi connectivity index (χ1) is 11.3. The number of hydrogen-bond donors (Lipinski definition) is 1. The van der Waals surface area contributed by atoms with E-state index in [2.05, 4.69) is 10.3 Å². The zero-order valence-corrected chi connectivity index (χ0v) is 12.4. The molecule has 2 aromatic carbocycles. The predicted molar refractivity (Wildman–Crippen MR) is 86.8 cm³/mol. The third-order valence-electron chi connectivity index (χ3n) is 3.48. The summed E-state index contributed by atoms with van der Waals surface area (Å²) in [5, 5.41) is 17.5. The summed E-state index contributed by atoms with van der Waals surface area (Å²) in [6.45, 7) is 0.384. The number of aromatic nitrogens is 3. The lowest BCUT2D eigenvalue weighted by Gasteiger charge is -2.04. The molecule has 23 heavy (non-hydrogen) atoms. The van der Waals surface area contributed by atoms with Gasteiger partial charge in [-0.05, 0) is 29.3 Å². The highest BCUT2D eigenvalue weighted by Crippen LogP contribution is 2.14. The van der Waals surface area contributed by atoms with E-state index in [0.29, 0.717) is 12.2 Å². The topological polar surface area (TPSA) is 50.9 Å². The molecule has 1 aromatic heterocycles. The highest BCUT2D eigenvalue weighted by Gasteiger charge is 2.09. The number of rotatable bonds is 5. The van der Waals surface area contributed by atoms with Crippen LogP contribution in [0, 0.1) is 5.82 Å². The van der Waals surface area contributed by atoms with Crippen molar-refractivity contribution in [3.8, 4) is 0 Å². The van der Waals surface area contributed by atoms with Crippen molar-refractivity contribution in [3.05, 3.63) is 82.9 Å². The SMILES string of the molecule is OCc1nnn(Cc2ccccc2)c1/C=C/c1ccc(F)cc1. The molecule has 0 aliphatic rings. The Labute approximate surface area is 133 Å². The first-order valence-electron chi connectivity index (χ1n) is 7.27. The fourth-order valence-electron chi connectivity index (χ4n) is 2.27. The molecule has 1 heterocycles. The Morgan fingerprint density at radius 3 is 2.43 bits per heavy atom. The Balaban J connectivity index is 1.88. The van der Waals surface area contributed by atoms with E-state index in [-0.39, 0.29) is 12.4 Å². The molecule has 0 unspecified atom stereocenters. The van der Waals surface area contributed by atoms with Crippen molar-refractivity contribution in [1.82, 2.24) is 15.0 Å². The lowest BCUT2D eigenvalue weighted by Crippen LogP contribution is -2.04. The molecular weight excluding hydrogens is 293 g/mol. The average molecular weight is 309 g/mol. The minimum absolute atomic E-state index is 0.183. The fraction of sp³-hybridized carbons (Fsp3) is 0.111. The van der Waals surface area contributed by atoms with Gasteiger partial charge in [0.15, 0.2) is 0 Å². The maximum atomic E-state index is 12.9. The number of aliphatic hydroxyl groups is 1. The van der Waals surface area contributed by atoms with Crippen molar-refractivity contribution in [2.75, 3.05) is 0 Å². The van der Waals surface area contributed by atoms with Crippen LogP contribution >= 0.6 is 0 Å². The molecule has 0 aliphatic carbocycles. The van der Waals surface area contributed by atoms with Crippen molar-refractivity contribution in [2.24, 2.45) is 0 Å². The molecule has 3 aromatic rings. The minimum atomic E-state index is -0.269. The van der Waals surface area contributed by atoms with Crippen LogP contribution in [-0.4, -0.2) is 20.1 Å². The quantitative estimate of drug-likeness (QED) is 0.788. The average Bonchev–Trinajstić information content (AvgIpc) is 2.97. The second-order valence-electron chi connectivity index (χ2n) is 5.11. The molecule has 0 saturated carbocycles. The molecule has 3 rings (SSSR count). The maximum absolute atomic E-state index is 12.9. The summed E-state index contributed by atoms with van der Waals surface area (Å²) in [5.41, 5.74) is 3.21. The number of nitrogens with zero attached hydrogens (tertiary/aromatic N) is 3. The third-order valence-corrected chi connectivity index (χ3v) is 3.48. The molecule has 0 bridgehead atoms. The second kappa shape index (κ2) is 6.98. The van der Waals surface area contributed by atoms with Gasteiger partial charge in [-0.15, -0.1) is 5.10 Å². The van der Waals surface area contributed by atoms with Crippen molar-refractivity contribution >= 4 is 12.2 Å². The van der Waals surface area contributed by atoms with Gasteiger partial charge < -0.3 is 5.11 Å². The molecule has 0 saturated heterocycles. The van der Waals surface area contributed by atoms with E-state index >= 15 is 0 Å². The summed E-state index contributed by atoms with van der Waals surface area (Å²) in [6, 6.07) is 16.1. The van der Waals surface area contributed by atoms with E-state index in [9.17, 15) is 9.50 Å². The van der Waals surface area contributed by atoms with Crippen LogP contribution in [0.25, 0.3) is 12.2 Å². The molecule has 0 spiro atoms. The van der Waals surface area contributed by atoms with Gasteiger partial charge in [0.25, 0.3) is 0 Å². The van der Waals surface area contributed by atoms with Crippen LogP contribution in [0.2, 0.25) is 0 Å². The van der Waals surface area contributed by atoms with E-state index in [1.165, 1.54) is 12.1 Å². The first-order valence-corrected chi connectivity index (χ1v) is 7.27. The summed E-state index contributed by atoms with van der Waals surface area (Å²) in [6.07, 6.45) is 3.68. The van der Waals surface area contributed by atoms with Crippen molar-refractivity contribution in [3.63, 3.8) is 0 Å². The van der Waals surface area contributed by atoms with Gasteiger partial charge in [0.05, 0.1) is 18.8 Å². The van der Waals surface area contributed by atoms with Gasteiger partial charge in [0.1, 0.15) is 11.5 Å². The van der Waals surface area contributed by atoms with E-state index in [0.717, 1.165) is 16.8 Å². The van der Waals surface area contributed by atoms with Gasteiger partial charge >= 0.3 is 0 Å². The summed E-state index contributed by atoms with van der Waals surface area (Å²) in [7, 11) is 0. The molecule has 5 heteroatoms. The zero-order chi connectivity index (χ0) is 16.1. The molecule has 0 atom stereocenters. The van der Waals surface area contributed by atoms with E-state index in [4.69, 9.17) is 0 Å². The van der Waals surface area contributed by atoms with E-state index < -0.39 is 0 Å². The Kier molecular flexibility index (Phi) is 4.59. The Morgan fingerprint density at radius 2 is 1.74 bits per heavy atom.